The number of hydrogen-bond donors (Lipinski definition) is 1. The van der Waals surface area contributed by atoms with E-state index in [1.165, 1.54) is 17.5 Å². The Labute approximate surface area is 185 Å². The van der Waals surface area contributed by atoms with Gasteiger partial charge < -0.3 is 5.32 Å². The summed E-state index contributed by atoms with van der Waals surface area (Å²) in [6.45, 7) is 4.97. The zero-order valence-electron chi connectivity index (χ0n) is 18.4. The quantitative estimate of drug-likeness (QED) is 0.731. The molecule has 1 fully saturated rings. The van der Waals surface area contributed by atoms with Crippen molar-refractivity contribution in [2.75, 3.05) is 18.4 Å². The Morgan fingerprint density at radius 3 is 2.39 bits per heavy atom. The number of carbonyl (C=O) groups is 1. The van der Waals surface area contributed by atoms with Gasteiger partial charge in [-0.15, -0.1) is 0 Å². The molecule has 0 saturated carbocycles. The number of para-hydroxylation sites is 1. The molecule has 1 N–H and O–H groups in total. The molecular weight excluding hydrogens is 408 g/mol. The van der Waals surface area contributed by atoms with Crippen molar-refractivity contribution in [3.05, 3.63) is 59.2 Å². The number of carbonyl (C=O) groups excluding carboxylic acids is 1. The minimum absolute atomic E-state index is 0.0149. The number of aryl methyl sites for hydroxylation is 2. The van der Waals surface area contributed by atoms with Crippen LogP contribution in [-0.4, -0.2) is 31.7 Å². The van der Waals surface area contributed by atoms with Gasteiger partial charge in [0.2, 0.25) is 15.9 Å². The molecule has 0 unspecified atom stereocenters. The minimum Gasteiger partial charge on any atom is -0.326 e. The molecule has 2 aliphatic rings. The Kier molecular flexibility index (Phi) is 6.49. The van der Waals surface area contributed by atoms with E-state index in [9.17, 15) is 13.2 Å². The molecule has 31 heavy (non-hydrogen) atoms. The largest absolute Gasteiger partial charge is 0.326 e. The summed E-state index contributed by atoms with van der Waals surface area (Å²) in [5, 5.41) is 3.07. The zero-order chi connectivity index (χ0) is 22.0. The maximum Gasteiger partial charge on any atom is 0.243 e. The van der Waals surface area contributed by atoms with Gasteiger partial charge in [0, 0.05) is 24.7 Å². The molecule has 6 heteroatoms. The molecule has 166 valence electrons. The van der Waals surface area contributed by atoms with Crippen LogP contribution in [0, 0.1) is 5.92 Å². The lowest BCUT2D eigenvalue weighted by molar-refractivity contribution is -0.120. The molecule has 0 bridgehead atoms. The molecule has 0 spiro atoms. The van der Waals surface area contributed by atoms with Crippen LogP contribution in [0.2, 0.25) is 0 Å². The number of piperidine rings is 1. The summed E-state index contributed by atoms with van der Waals surface area (Å²) in [6.07, 6.45) is 5.38. The Morgan fingerprint density at radius 1 is 1.00 bits per heavy atom. The number of anilines is 1. The van der Waals surface area contributed by atoms with E-state index in [1.807, 2.05) is 36.4 Å². The van der Waals surface area contributed by atoms with Crippen LogP contribution in [0.4, 0.5) is 5.69 Å². The predicted octanol–water partition coefficient (Wildman–Crippen LogP) is 4.73. The van der Waals surface area contributed by atoms with Crippen LogP contribution >= 0.6 is 0 Å². The normalized spacial score (nSPS) is 18.0. The monoisotopic (exact) mass is 440 g/mol. The van der Waals surface area contributed by atoms with Crippen LogP contribution < -0.4 is 5.32 Å². The molecule has 1 aliphatic carbocycles. The molecule has 1 aliphatic heterocycles. The van der Waals surface area contributed by atoms with Gasteiger partial charge in [-0.05, 0) is 79.3 Å². The average Bonchev–Trinajstić information content (AvgIpc) is 2.79. The van der Waals surface area contributed by atoms with Gasteiger partial charge in [-0.25, -0.2) is 8.42 Å². The number of sulfonamides is 1. The minimum atomic E-state index is -3.52. The fraction of sp³-hybridized carbons (Fsp3) is 0.480. The second-order valence-electron chi connectivity index (χ2n) is 9.05. The highest BCUT2D eigenvalue weighted by Crippen LogP contribution is 2.29. The van der Waals surface area contributed by atoms with Gasteiger partial charge in [0.25, 0.3) is 0 Å². The van der Waals surface area contributed by atoms with E-state index in [4.69, 9.17) is 0 Å². The van der Waals surface area contributed by atoms with Gasteiger partial charge in [-0.2, -0.15) is 4.31 Å². The van der Waals surface area contributed by atoms with Gasteiger partial charge in [0.1, 0.15) is 0 Å². The van der Waals surface area contributed by atoms with Crippen molar-refractivity contribution < 1.29 is 13.2 Å². The average molecular weight is 441 g/mol. The molecule has 4 rings (SSSR count). The Morgan fingerprint density at radius 2 is 1.68 bits per heavy atom. The van der Waals surface area contributed by atoms with Gasteiger partial charge in [0.05, 0.1) is 4.90 Å². The van der Waals surface area contributed by atoms with Gasteiger partial charge in [-0.3, -0.25) is 4.79 Å². The van der Waals surface area contributed by atoms with Crippen molar-refractivity contribution in [3.63, 3.8) is 0 Å². The summed E-state index contributed by atoms with van der Waals surface area (Å²) in [6, 6.07) is 13.5. The van der Waals surface area contributed by atoms with Crippen LogP contribution in [0.25, 0.3) is 0 Å². The number of nitrogens with zero attached hydrogens (tertiary/aromatic N) is 1. The lowest BCUT2D eigenvalue weighted by Gasteiger charge is -2.31. The maximum absolute atomic E-state index is 13.2. The fourth-order valence-corrected chi connectivity index (χ4v) is 6.25. The summed E-state index contributed by atoms with van der Waals surface area (Å²) in [5.74, 6) is 0.134. The highest BCUT2D eigenvalue weighted by atomic mass is 32.2. The Balaban J connectivity index is 1.41. The maximum atomic E-state index is 13.2. The van der Waals surface area contributed by atoms with Crippen LogP contribution in [0.3, 0.4) is 0 Å². The third-order valence-electron chi connectivity index (χ3n) is 6.62. The Hall–Kier alpha value is -2.18. The molecular formula is C25H32N2O3S. The first-order valence-electron chi connectivity index (χ1n) is 11.4. The third kappa shape index (κ3) is 4.70. The fourth-order valence-electron chi connectivity index (χ4n) is 4.73. The molecule has 0 aromatic heterocycles. The summed E-state index contributed by atoms with van der Waals surface area (Å²) in [4.78, 5) is 13.2. The van der Waals surface area contributed by atoms with Crippen molar-refractivity contribution in [3.8, 4) is 0 Å². The van der Waals surface area contributed by atoms with Crippen LogP contribution in [0.15, 0.2) is 47.4 Å². The molecule has 1 saturated heterocycles. The van der Waals surface area contributed by atoms with E-state index < -0.39 is 10.0 Å². The van der Waals surface area contributed by atoms with E-state index in [0.29, 0.717) is 36.7 Å². The van der Waals surface area contributed by atoms with Gasteiger partial charge in [-0.1, -0.05) is 38.1 Å². The molecule has 1 amide bonds. The Bertz CT molecular complexity index is 1050. The summed E-state index contributed by atoms with van der Waals surface area (Å²) < 4.78 is 27.9. The standard InChI is InChI=1S/C25H32N2O3S/c1-18(2)23-9-5-6-10-24(23)26-25(28)20-13-15-27(16-14-20)31(29,30)22-12-11-19-7-3-4-8-21(19)17-22/h5-6,9-12,17-18,20H,3-4,7-8,13-16H2,1-2H3,(H,26,28). The van der Waals surface area contributed by atoms with Gasteiger partial charge >= 0.3 is 0 Å². The summed E-state index contributed by atoms with van der Waals surface area (Å²) >= 11 is 0. The van der Waals surface area contributed by atoms with Crippen LogP contribution in [0.1, 0.15) is 62.1 Å². The second kappa shape index (κ2) is 9.13. The lowest BCUT2D eigenvalue weighted by Crippen LogP contribution is -2.41. The molecule has 0 atom stereocenters. The number of fused-ring (bicyclic) bond motifs is 1. The predicted molar refractivity (Wildman–Crippen MR) is 124 cm³/mol. The van der Waals surface area contributed by atoms with Gasteiger partial charge in [0.15, 0.2) is 0 Å². The highest BCUT2D eigenvalue weighted by Gasteiger charge is 2.32. The van der Waals surface area contributed by atoms with E-state index in [1.54, 1.807) is 10.4 Å². The highest BCUT2D eigenvalue weighted by molar-refractivity contribution is 7.89. The first-order valence-corrected chi connectivity index (χ1v) is 12.8. The molecule has 2 aromatic carbocycles. The number of nitrogens with one attached hydrogen (secondary N) is 1. The smallest absolute Gasteiger partial charge is 0.243 e. The van der Waals surface area contributed by atoms with E-state index in [2.05, 4.69) is 19.2 Å². The molecule has 2 aromatic rings. The summed E-state index contributed by atoms with van der Waals surface area (Å²) in [5.41, 5.74) is 4.42. The third-order valence-corrected chi connectivity index (χ3v) is 8.52. The van der Waals surface area contributed by atoms with Crippen molar-refractivity contribution in [2.24, 2.45) is 5.92 Å². The van der Waals surface area contributed by atoms with E-state index in [0.717, 1.165) is 30.5 Å². The van der Waals surface area contributed by atoms with Crippen LogP contribution in [-0.2, 0) is 27.7 Å². The second-order valence-corrected chi connectivity index (χ2v) is 11.0. The zero-order valence-corrected chi connectivity index (χ0v) is 19.2. The van der Waals surface area contributed by atoms with E-state index in [-0.39, 0.29) is 11.8 Å². The number of rotatable bonds is 5. The topological polar surface area (TPSA) is 66.5 Å². The number of hydrogen-bond acceptors (Lipinski definition) is 3. The SMILES string of the molecule is CC(C)c1ccccc1NC(=O)C1CCN(S(=O)(=O)c2ccc3c(c2)CCCC3)CC1. The van der Waals surface area contributed by atoms with Crippen molar-refractivity contribution in [1.82, 2.24) is 4.31 Å². The lowest BCUT2D eigenvalue weighted by atomic mass is 9.92. The van der Waals surface area contributed by atoms with Crippen molar-refractivity contribution in [1.29, 1.82) is 0 Å². The molecule has 5 nitrogen and oxygen atoms in total. The first kappa shape index (κ1) is 22.0. The number of benzene rings is 2. The number of amides is 1. The first-order chi connectivity index (χ1) is 14.9. The van der Waals surface area contributed by atoms with Crippen LogP contribution in [0.5, 0.6) is 0 Å². The van der Waals surface area contributed by atoms with E-state index >= 15 is 0 Å². The molecule has 1 heterocycles. The molecule has 0 radical (unpaired) electrons. The van der Waals surface area contributed by atoms with Crippen molar-refractivity contribution >= 4 is 21.6 Å². The van der Waals surface area contributed by atoms with Crippen molar-refractivity contribution in [2.45, 2.75) is 63.2 Å². The summed E-state index contributed by atoms with van der Waals surface area (Å²) in [7, 11) is -3.52.